The van der Waals surface area contributed by atoms with Crippen molar-refractivity contribution in [2.45, 2.75) is 44.8 Å². The number of amides is 1. The maximum Gasteiger partial charge on any atom is 0.416 e. The number of alkyl halides is 6. The molecule has 1 aliphatic rings. The lowest BCUT2D eigenvalue weighted by Crippen LogP contribution is -2.50. The van der Waals surface area contributed by atoms with Crippen molar-refractivity contribution >= 4 is 6.09 Å². The number of halogens is 6. The number of ether oxygens (including phenoxy) is 1. The van der Waals surface area contributed by atoms with Crippen molar-refractivity contribution in [3.05, 3.63) is 34.9 Å². The van der Waals surface area contributed by atoms with E-state index in [1.807, 2.05) is 0 Å². The number of hydrogen-bond acceptors (Lipinski definition) is 3. The molecule has 0 bridgehead atoms. The molecular weight excluding hydrogens is 378 g/mol. The molecule has 1 unspecified atom stereocenters. The summed E-state index contributed by atoms with van der Waals surface area (Å²) in [5, 5.41) is 2.89. The number of benzene rings is 1. The molecule has 0 spiro atoms. The Hall–Kier alpha value is -1.97. The molecule has 1 atom stereocenters. The van der Waals surface area contributed by atoms with Gasteiger partial charge in [0, 0.05) is 19.6 Å². The monoisotopic (exact) mass is 398 g/mol. The number of hydrogen-bond donors (Lipinski definition) is 1. The molecule has 0 aliphatic carbocycles. The molecule has 2 rings (SSSR count). The van der Waals surface area contributed by atoms with Crippen LogP contribution in [0, 0.1) is 0 Å². The van der Waals surface area contributed by atoms with E-state index in [1.165, 1.54) is 0 Å². The van der Waals surface area contributed by atoms with E-state index < -0.39 is 41.2 Å². The zero-order valence-corrected chi connectivity index (χ0v) is 15.0. The lowest BCUT2D eigenvalue weighted by atomic mass is 9.97. The van der Waals surface area contributed by atoms with Gasteiger partial charge in [0.15, 0.2) is 0 Å². The molecule has 1 N–H and O–H groups in total. The van der Waals surface area contributed by atoms with Gasteiger partial charge in [-0.3, -0.25) is 4.90 Å². The normalized spacial score (nSPS) is 19.1. The van der Waals surface area contributed by atoms with Crippen molar-refractivity contribution in [1.82, 2.24) is 10.2 Å². The van der Waals surface area contributed by atoms with Crippen LogP contribution >= 0.6 is 0 Å². The van der Waals surface area contributed by atoms with Crippen LogP contribution in [0.3, 0.4) is 0 Å². The molecule has 1 amide bonds. The molecule has 0 radical (unpaired) electrons. The van der Waals surface area contributed by atoms with Crippen molar-refractivity contribution in [2.75, 3.05) is 19.6 Å². The third-order valence-corrected chi connectivity index (χ3v) is 3.87. The van der Waals surface area contributed by atoms with E-state index in [0.717, 1.165) is 4.90 Å². The molecule has 10 heteroatoms. The number of nitrogens with one attached hydrogen (secondary N) is 1. The summed E-state index contributed by atoms with van der Waals surface area (Å²) in [6, 6.07) is 0.337. The van der Waals surface area contributed by atoms with Gasteiger partial charge in [-0.05, 0) is 44.5 Å². The Balaban J connectivity index is 2.48. The van der Waals surface area contributed by atoms with Crippen LogP contribution in [0.15, 0.2) is 18.2 Å². The van der Waals surface area contributed by atoms with Crippen LogP contribution in [-0.4, -0.2) is 36.2 Å². The predicted octanol–water partition coefficient (Wildman–Crippen LogP) is 4.61. The third kappa shape index (κ3) is 5.50. The fourth-order valence-electron chi connectivity index (χ4n) is 2.71. The Morgan fingerprint density at radius 2 is 1.56 bits per heavy atom. The SMILES string of the molecule is CC(C)(C)OC(=O)N1CCNCC1c1cc(C(F)(F)F)cc(C(F)(F)F)c1. The van der Waals surface area contributed by atoms with E-state index in [0.29, 0.717) is 18.7 Å². The van der Waals surface area contributed by atoms with Crippen molar-refractivity contribution < 1.29 is 35.9 Å². The lowest BCUT2D eigenvalue weighted by Gasteiger charge is -2.37. The summed E-state index contributed by atoms with van der Waals surface area (Å²) in [6.45, 7) is 5.31. The second-order valence-corrected chi connectivity index (χ2v) is 7.23. The molecule has 1 saturated heterocycles. The summed E-state index contributed by atoms with van der Waals surface area (Å²) in [5.41, 5.74) is -3.93. The van der Waals surface area contributed by atoms with Gasteiger partial charge in [0.1, 0.15) is 5.60 Å². The number of nitrogens with zero attached hydrogens (tertiary/aromatic N) is 1. The van der Waals surface area contributed by atoms with Gasteiger partial charge in [-0.2, -0.15) is 26.3 Å². The van der Waals surface area contributed by atoms with Crippen LogP contribution in [0.1, 0.15) is 43.5 Å². The van der Waals surface area contributed by atoms with Gasteiger partial charge in [-0.25, -0.2) is 4.79 Å². The summed E-state index contributed by atoms with van der Waals surface area (Å²) in [4.78, 5) is 13.5. The zero-order chi connectivity index (χ0) is 20.6. The second kappa shape index (κ2) is 7.21. The Morgan fingerprint density at radius 3 is 2.00 bits per heavy atom. The van der Waals surface area contributed by atoms with Gasteiger partial charge in [0.25, 0.3) is 0 Å². The van der Waals surface area contributed by atoms with Crippen molar-refractivity contribution in [3.8, 4) is 0 Å². The highest BCUT2D eigenvalue weighted by atomic mass is 19.4. The van der Waals surface area contributed by atoms with Crippen molar-refractivity contribution in [2.24, 2.45) is 0 Å². The number of rotatable bonds is 1. The van der Waals surface area contributed by atoms with Crippen LogP contribution < -0.4 is 5.32 Å². The molecule has 0 saturated carbocycles. The van der Waals surface area contributed by atoms with Crippen LogP contribution in [0.4, 0.5) is 31.1 Å². The van der Waals surface area contributed by atoms with Crippen LogP contribution in [0.2, 0.25) is 0 Å². The fourth-order valence-corrected chi connectivity index (χ4v) is 2.71. The van der Waals surface area contributed by atoms with E-state index in [-0.39, 0.29) is 24.7 Å². The quantitative estimate of drug-likeness (QED) is 0.703. The predicted molar refractivity (Wildman–Crippen MR) is 85.0 cm³/mol. The Kier molecular flexibility index (Phi) is 5.70. The molecule has 1 aromatic carbocycles. The maximum atomic E-state index is 13.1. The fraction of sp³-hybridized carbons (Fsp3) is 0.588. The number of carbonyl (C=O) groups excluding carboxylic acids is 1. The van der Waals surface area contributed by atoms with Gasteiger partial charge >= 0.3 is 18.4 Å². The second-order valence-electron chi connectivity index (χ2n) is 7.23. The lowest BCUT2D eigenvalue weighted by molar-refractivity contribution is -0.143. The van der Waals surface area contributed by atoms with Crippen LogP contribution in [0.25, 0.3) is 0 Å². The molecule has 1 fully saturated rings. The Bertz CT molecular complexity index is 662. The first-order chi connectivity index (χ1) is 12.2. The molecular formula is C17H20F6N2O2. The van der Waals surface area contributed by atoms with Gasteiger partial charge in [0.05, 0.1) is 17.2 Å². The first-order valence-corrected chi connectivity index (χ1v) is 8.18. The molecule has 152 valence electrons. The van der Waals surface area contributed by atoms with E-state index in [4.69, 9.17) is 4.74 Å². The summed E-state index contributed by atoms with van der Waals surface area (Å²) in [7, 11) is 0. The molecule has 1 aliphatic heterocycles. The average Bonchev–Trinajstić information content (AvgIpc) is 2.51. The molecule has 1 aromatic rings. The highest BCUT2D eigenvalue weighted by Crippen LogP contribution is 2.38. The Labute approximate surface area is 152 Å². The van der Waals surface area contributed by atoms with Crippen LogP contribution in [-0.2, 0) is 17.1 Å². The van der Waals surface area contributed by atoms with Gasteiger partial charge in [-0.1, -0.05) is 0 Å². The summed E-state index contributed by atoms with van der Waals surface area (Å²) in [5.74, 6) is 0. The molecule has 4 nitrogen and oxygen atoms in total. The first-order valence-electron chi connectivity index (χ1n) is 8.18. The largest absolute Gasteiger partial charge is 0.444 e. The number of piperazine rings is 1. The minimum absolute atomic E-state index is 0.0118. The standard InChI is InChI=1S/C17H20F6N2O2/c1-15(2,3)27-14(26)25-5-4-24-9-13(25)10-6-11(16(18,19)20)8-12(7-10)17(21,22)23/h6-8,13,24H,4-5,9H2,1-3H3. The minimum Gasteiger partial charge on any atom is -0.444 e. The van der Waals surface area contributed by atoms with Crippen molar-refractivity contribution in [3.63, 3.8) is 0 Å². The number of carbonyl (C=O) groups is 1. The molecule has 0 aromatic heterocycles. The van der Waals surface area contributed by atoms with E-state index >= 15 is 0 Å². The highest BCUT2D eigenvalue weighted by Gasteiger charge is 2.39. The topological polar surface area (TPSA) is 41.6 Å². The molecule has 1 heterocycles. The maximum absolute atomic E-state index is 13.1. The highest BCUT2D eigenvalue weighted by molar-refractivity contribution is 5.69. The first kappa shape index (κ1) is 21.3. The van der Waals surface area contributed by atoms with Gasteiger partial charge in [0.2, 0.25) is 0 Å². The summed E-state index contributed by atoms with van der Waals surface area (Å²) < 4.78 is 83.8. The smallest absolute Gasteiger partial charge is 0.416 e. The summed E-state index contributed by atoms with van der Waals surface area (Å²) in [6.07, 6.45) is -10.7. The Morgan fingerprint density at radius 1 is 1.04 bits per heavy atom. The van der Waals surface area contributed by atoms with Gasteiger partial charge in [-0.15, -0.1) is 0 Å². The summed E-state index contributed by atoms with van der Waals surface area (Å²) >= 11 is 0. The van der Waals surface area contributed by atoms with Crippen LogP contribution in [0.5, 0.6) is 0 Å². The zero-order valence-electron chi connectivity index (χ0n) is 15.0. The van der Waals surface area contributed by atoms with Gasteiger partial charge < -0.3 is 10.1 Å². The third-order valence-electron chi connectivity index (χ3n) is 3.87. The van der Waals surface area contributed by atoms with E-state index in [9.17, 15) is 31.1 Å². The minimum atomic E-state index is -4.95. The molecule has 27 heavy (non-hydrogen) atoms. The van der Waals surface area contributed by atoms with E-state index in [2.05, 4.69) is 5.32 Å². The van der Waals surface area contributed by atoms with Crippen molar-refractivity contribution in [1.29, 1.82) is 0 Å². The average molecular weight is 398 g/mol. The van der Waals surface area contributed by atoms with E-state index in [1.54, 1.807) is 20.8 Å².